The highest BCUT2D eigenvalue weighted by Gasteiger charge is 2.24. The Morgan fingerprint density at radius 1 is 1.43 bits per heavy atom. The van der Waals surface area contributed by atoms with Crippen molar-refractivity contribution in [3.8, 4) is 5.88 Å². The van der Waals surface area contributed by atoms with E-state index < -0.39 is 11.8 Å². The predicted octanol–water partition coefficient (Wildman–Crippen LogP) is 1.08. The molecule has 3 rings (SSSR count). The Morgan fingerprint density at radius 3 is 3.10 bits per heavy atom. The maximum atomic E-state index is 11.8. The Bertz CT molecular complexity index is 651. The molecule has 0 saturated heterocycles. The molecular formula is C14H14N4O2S. The molecule has 0 radical (unpaired) electrons. The fourth-order valence-electron chi connectivity index (χ4n) is 2.13. The van der Waals surface area contributed by atoms with E-state index in [2.05, 4.69) is 14.7 Å². The fraction of sp³-hybridized carbons (Fsp3) is 0.214. The second-order valence-corrected chi connectivity index (χ2v) is 5.44. The first-order valence-electron chi connectivity index (χ1n) is 6.48. The van der Waals surface area contributed by atoms with E-state index in [0.29, 0.717) is 23.7 Å². The largest absolute Gasteiger partial charge is 0.475 e. The summed E-state index contributed by atoms with van der Waals surface area (Å²) in [6.45, 7) is 1.29. The number of nitrogens with two attached hydrogens (primary N) is 1. The molecule has 21 heavy (non-hydrogen) atoms. The van der Waals surface area contributed by atoms with E-state index in [9.17, 15) is 4.79 Å². The first-order chi connectivity index (χ1) is 10.3. The van der Waals surface area contributed by atoms with Gasteiger partial charge in [-0.15, -0.1) is 0 Å². The van der Waals surface area contributed by atoms with Crippen molar-refractivity contribution in [1.82, 2.24) is 14.7 Å². The molecule has 0 fully saturated rings. The lowest BCUT2D eigenvalue weighted by Gasteiger charge is -2.14. The zero-order chi connectivity index (χ0) is 14.7. The molecule has 1 amide bonds. The van der Waals surface area contributed by atoms with Gasteiger partial charge in [0.05, 0.1) is 10.6 Å². The Morgan fingerprint density at radius 2 is 2.33 bits per heavy atom. The van der Waals surface area contributed by atoms with E-state index in [4.69, 9.17) is 10.5 Å². The summed E-state index contributed by atoms with van der Waals surface area (Å²) in [5.74, 6) is -0.506. The first kappa shape index (κ1) is 13.8. The van der Waals surface area contributed by atoms with Gasteiger partial charge in [0.1, 0.15) is 12.5 Å². The minimum absolute atomic E-state index is 0.456. The lowest BCUT2D eigenvalue weighted by Crippen LogP contribution is -2.23. The van der Waals surface area contributed by atoms with Crippen LogP contribution >= 0.6 is 11.9 Å². The number of nitrogens with one attached hydrogen (secondary N) is 1. The van der Waals surface area contributed by atoms with Crippen LogP contribution in [0.3, 0.4) is 0 Å². The number of amides is 1. The van der Waals surface area contributed by atoms with Gasteiger partial charge in [-0.3, -0.25) is 14.5 Å². The van der Waals surface area contributed by atoms with E-state index in [1.54, 1.807) is 24.5 Å². The van der Waals surface area contributed by atoms with Crippen molar-refractivity contribution < 1.29 is 9.53 Å². The standard InChI is InChI=1S/C14H14N4O2S/c15-13(19)12(10-3-1-2-4-16-10)9-7-11-14(17-8-9)20-6-5-18-21-11/h1-4,7-8,12,18H,5-6H2,(H2,15,19). The average molecular weight is 302 g/mol. The van der Waals surface area contributed by atoms with E-state index >= 15 is 0 Å². The first-order valence-corrected chi connectivity index (χ1v) is 7.30. The summed E-state index contributed by atoms with van der Waals surface area (Å²) in [7, 11) is 0. The van der Waals surface area contributed by atoms with Crippen LogP contribution in [-0.2, 0) is 4.79 Å². The SMILES string of the molecule is NC(=O)C(c1cnc2c(c1)SNCCO2)c1ccccn1. The summed E-state index contributed by atoms with van der Waals surface area (Å²) in [5.41, 5.74) is 6.87. The second-order valence-electron chi connectivity index (χ2n) is 4.51. The second kappa shape index (κ2) is 6.11. The van der Waals surface area contributed by atoms with Gasteiger partial charge in [-0.1, -0.05) is 6.07 Å². The number of rotatable bonds is 3. The molecule has 3 heterocycles. The van der Waals surface area contributed by atoms with Gasteiger partial charge in [0.2, 0.25) is 11.8 Å². The molecule has 0 aromatic carbocycles. The maximum Gasteiger partial charge on any atom is 0.231 e. The van der Waals surface area contributed by atoms with Gasteiger partial charge in [-0.05, 0) is 35.7 Å². The van der Waals surface area contributed by atoms with Crippen LogP contribution in [0.1, 0.15) is 17.2 Å². The zero-order valence-corrected chi connectivity index (χ0v) is 12.0. The van der Waals surface area contributed by atoms with Crippen LogP contribution < -0.4 is 15.2 Å². The van der Waals surface area contributed by atoms with Crippen molar-refractivity contribution in [3.63, 3.8) is 0 Å². The molecule has 1 atom stereocenters. The van der Waals surface area contributed by atoms with Crippen molar-refractivity contribution in [3.05, 3.63) is 47.9 Å². The number of hydrogen-bond acceptors (Lipinski definition) is 6. The minimum atomic E-state index is -0.618. The van der Waals surface area contributed by atoms with Crippen molar-refractivity contribution in [2.75, 3.05) is 13.2 Å². The Hall–Kier alpha value is -2.12. The number of nitrogens with zero attached hydrogens (tertiary/aromatic N) is 2. The molecule has 7 heteroatoms. The molecule has 1 unspecified atom stereocenters. The number of carbonyl (C=O) groups excluding carboxylic acids is 1. The molecule has 0 aliphatic carbocycles. The van der Waals surface area contributed by atoms with Gasteiger partial charge < -0.3 is 10.5 Å². The van der Waals surface area contributed by atoms with Gasteiger partial charge in [0, 0.05) is 18.9 Å². The van der Waals surface area contributed by atoms with Gasteiger partial charge in [-0.2, -0.15) is 0 Å². The highest BCUT2D eigenvalue weighted by Crippen LogP contribution is 2.31. The topological polar surface area (TPSA) is 90.1 Å². The van der Waals surface area contributed by atoms with Crippen LogP contribution in [-0.4, -0.2) is 29.0 Å². The van der Waals surface area contributed by atoms with Crippen LogP contribution in [0.25, 0.3) is 0 Å². The lowest BCUT2D eigenvalue weighted by molar-refractivity contribution is -0.118. The summed E-state index contributed by atoms with van der Waals surface area (Å²) in [4.78, 5) is 21.2. The molecule has 3 N–H and O–H groups in total. The summed E-state index contributed by atoms with van der Waals surface area (Å²) in [6.07, 6.45) is 3.26. The lowest BCUT2D eigenvalue weighted by atomic mass is 9.96. The third kappa shape index (κ3) is 2.98. The van der Waals surface area contributed by atoms with Crippen LogP contribution in [0.5, 0.6) is 5.88 Å². The van der Waals surface area contributed by atoms with Crippen molar-refractivity contribution in [1.29, 1.82) is 0 Å². The third-order valence-corrected chi connectivity index (χ3v) is 3.93. The van der Waals surface area contributed by atoms with Crippen LogP contribution in [0.2, 0.25) is 0 Å². The molecule has 0 spiro atoms. The maximum absolute atomic E-state index is 11.8. The molecule has 0 saturated carbocycles. The molecule has 1 aliphatic heterocycles. The highest BCUT2D eigenvalue weighted by atomic mass is 32.2. The number of hydrogen-bond donors (Lipinski definition) is 2. The summed E-state index contributed by atoms with van der Waals surface area (Å²) in [6, 6.07) is 7.28. The van der Waals surface area contributed by atoms with Gasteiger partial charge in [0.25, 0.3) is 0 Å². The number of pyridine rings is 2. The number of fused-ring (bicyclic) bond motifs is 1. The van der Waals surface area contributed by atoms with E-state index in [1.807, 2.05) is 12.1 Å². The molecular weight excluding hydrogens is 288 g/mol. The summed E-state index contributed by atoms with van der Waals surface area (Å²) < 4.78 is 8.68. The average Bonchev–Trinajstić information content (AvgIpc) is 2.73. The fourth-order valence-corrected chi connectivity index (χ4v) is 2.87. The van der Waals surface area contributed by atoms with Gasteiger partial charge in [-0.25, -0.2) is 4.98 Å². The van der Waals surface area contributed by atoms with Crippen LogP contribution in [0.15, 0.2) is 41.6 Å². The molecule has 0 bridgehead atoms. The Labute approximate surface area is 126 Å². The summed E-state index contributed by atoms with van der Waals surface area (Å²) >= 11 is 1.44. The molecule has 108 valence electrons. The number of carbonyl (C=O) groups is 1. The van der Waals surface area contributed by atoms with E-state index in [0.717, 1.165) is 11.4 Å². The predicted molar refractivity (Wildman–Crippen MR) is 78.9 cm³/mol. The summed E-state index contributed by atoms with van der Waals surface area (Å²) in [5, 5.41) is 0. The highest BCUT2D eigenvalue weighted by molar-refractivity contribution is 7.97. The third-order valence-electron chi connectivity index (χ3n) is 3.07. The normalized spacial score (nSPS) is 15.4. The number of aromatic nitrogens is 2. The number of ether oxygens (including phenoxy) is 1. The molecule has 1 aliphatic rings. The zero-order valence-electron chi connectivity index (χ0n) is 11.2. The Kier molecular flexibility index (Phi) is 4.03. The Balaban J connectivity index is 2.01. The molecule has 2 aromatic heterocycles. The smallest absolute Gasteiger partial charge is 0.231 e. The van der Waals surface area contributed by atoms with Crippen molar-refractivity contribution in [2.45, 2.75) is 10.8 Å². The van der Waals surface area contributed by atoms with Crippen molar-refractivity contribution in [2.24, 2.45) is 5.73 Å². The van der Waals surface area contributed by atoms with Crippen LogP contribution in [0.4, 0.5) is 0 Å². The number of primary amides is 1. The van der Waals surface area contributed by atoms with Gasteiger partial charge >= 0.3 is 0 Å². The molecule has 2 aromatic rings. The van der Waals surface area contributed by atoms with Crippen molar-refractivity contribution >= 4 is 17.9 Å². The minimum Gasteiger partial charge on any atom is -0.475 e. The van der Waals surface area contributed by atoms with Crippen LogP contribution in [0, 0.1) is 0 Å². The quantitative estimate of drug-likeness (QED) is 0.825. The van der Waals surface area contributed by atoms with Gasteiger partial charge in [0.15, 0.2) is 0 Å². The molecule has 6 nitrogen and oxygen atoms in total. The van der Waals surface area contributed by atoms with E-state index in [1.165, 1.54) is 11.9 Å². The monoisotopic (exact) mass is 302 g/mol. The van der Waals surface area contributed by atoms with E-state index in [-0.39, 0.29) is 0 Å².